The van der Waals surface area contributed by atoms with Crippen LogP contribution in [0.5, 0.6) is 0 Å². The predicted octanol–water partition coefficient (Wildman–Crippen LogP) is 8.74. The van der Waals surface area contributed by atoms with Crippen molar-refractivity contribution in [2.24, 2.45) is 0 Å². The van der Waals surface area contributed by atoms with Gasteiger partial charge in [0.15, 0.2) is 18.4 Å². The molecule has 0 radical (unpaired) electrons. The van der Waals surface area contributed by atoms with Gasteiger partial charge in [-0.25, -0.2) is 4.79 Å². The topological polar surface area (TPSA) is 109 Å². The zero-order valence-corrected chi connectivity index (χ0v) is 38.8. The Bertz CT molecular complexity index is 1920. The molecular formula is C48H59IO11Si. The SMILES string of the molecule is CC1(C)O[C@@H]2[C@@H](I)[C@H](O[C@H]3[C@H](OCc4ccccc4)[C@@H](OCc4ccccc4)[C@H](OCC[Si](C)(C)C)O[C@@H]3COCc3ccccc3)O[C@H](COC(=O)c3ccccc3)[C@@H]2O1. The van der Waals surface area contributed by atoms with Crippen LogP contribution in [-0.4, -0.2) is 98.9 Å². The van der Waals surface area contributed by atoms with Gasteiger partial charge in [0, 0.05) is 14.7 Å². The van der Waals surface area contributed by atoms with Gasteiger partial charge in [-0.2, -0.15) is 0 Å². The quantitative estimate of drug-likeness (QED) is 0.0390. The van der Waals surface area contributed by atoms with Crippen LogP contribution in [0.3, 0.4) is 0 Å². The number of fused-ring (bicyclic) bond motifs is 1. The van der Waals surface area contributed by atoms with Gasteiger partial charge in [-0.3, -0.25) is 0 Å². The lowest BCUT2D eigenvalue weighted by molar-refractivity contribution is -0.350. The summed E-state index contributed by atoms with van der Waals surface area (Å²) in [7, 11) is -1.47. The maximum Gasteiger partial charge on any atom is 0.338 e. The molecule has 7 rings (SSSR count). The van der Waals surface area contributed by atoms with E-state index in [-0.39, 0.29) is 23.7 Å². The third-order valence-electron chi connectivity index (χ3n) is 10.8. The second-order valence-electron chi connectivity index (χ2n) is 17.4. The highest BCUT2D eigenvalue weighted by Crippen LogP contribution is 2.42. The molecule has 4 aromatic carbocycles. The summed E-state index contributed by atoms with van der Waals surface area (Å²) in [6.45, 7) is 12.2. The van der Waals surface area contributed by atoms with Crippen LogP contribution in [0.2, 0.25) is 25.7 Å². The summed E-state index contributed by atoms with van der Waals surface area (Å²) in [6, 6.07) is 39.9. The molecule has 328 valence electrons. The first kappa shape index (κ1) is 45.9. The van der Waals surface area contributed by atoms with E-state index in [0.717, 1.165) is 22.7 Å². The third-order valence-corrected chi connectivity index (χ3v) is 13.8. The van der Waals surface area contributed by atoms with Crippen molar-refractivity contribution in [2.75, 3.05) is 19.8 Å². The maximum atomic E-state index is 13.2. The summed E-state index contributed by atoms with van der Waals surface area (Å²) in [5.41, 5.74) is 3.46. The first-order valence-corrected chi connectivity index (χ1v) is 26.1. The monoisotopic (exact) mass is 966 g/mol. The summed E-state index contributed by atoms with van der Waals surface area (Å²) in [5.74, 6) is -1.37. The van der Waals surface area contributed by atoms with Crippen LogP contribution in [0, 0.1) is 0 Å². The molecular weight excluding hydrogens is 908 g/mol. The number of halogens is 1. The molecule has 61 heavy (non-hydrogen) atoms. The fourth-order valence-electron chi connectivity index (χ4n) is 7.60. The Morgan fingerprint density at radius 1 is 0.623 bits per heavy atom. The zero-order valence-electron chi connectivity index (χ0n) is 35.6. The summed E-state index contributed by atoms with van der Waals surface area (Å²) >= 11 is 2.32. The van der Waals surface area contributed by atoms with Crippen molar-refractivity contribution in [1.82, 2.24) is 0 Å². The zero-order chi connectivity index (χ0) is 42.8. The summed E-state index contributed by atoms with van der Waals surface area (Å²) < 4.78 is 66.2. The molecule has 13 heteroatoms. The average molecular weight is 967 g/mol. The molecule has 3 saturated heterocycles. The molecule has 0 saturated carbocycles. The van der Waals surface area contributed by atoms with E-state index in [1.54, 1.807) is 24.3 Å². The standard InChI is InChI=1S/C48H59IO11Si/c1-48(2)59-41-38(32-55-45(50)36-24-16-9-17-25-36)56-46(39(49)42(41)60-48)58-40-37(31-51-28-33-18-10-6-11-19-33)57-47(52-26-27-61(3,4)5)44(54-30-35-22-14-8-15-23-35)43(40)53-29-34-20-12-7-13-21-34/h6-25,37-44,46-47H,26-32H2,1-5H3/t37-,38-,39-,40-,41+,42-,43+,44-,46+,47-/m1/s1. The molecule has 3 aliphatic heterocycles. The largest absolute Gasteiger partial charge is 0.459 e. The van der Waals surface area contributed by atoms with Crippen molar-refractivity contribution in [1.29, 1.82) is 0 Å². The minimum Gasteiger partial charge on any atom is -0.459 e. The molecule has 0 unspecified atom stereocenters. The van der Waals surface area contributed by atoms with Gasteiger partial charge < -0.3 is 47.4 Å². The molecule has 11 nitrogen and oxygen atoms in total. The van der Waals surface area contributed by atoms with Gasteiger partial charge in [0.25, 0.3) is 0 Å². The van der Waals surface area contributed by atoms with E-state index in [1.165, 1.54) is 0 Å². The Hall–Kier alpha value is -3.06. The third kappa shape index (κ3) is 13.0. The minimum absolute atomic E-state index is 0.0773. The molecule has 0 spiro atoms. The number of carbonyl (C=O) groups excluding carboxylic acids is 1. The average Bonchev–Trinajstić information content (AvgIpc) is 3.60. The van der Waals surface area contributed by atoms with Crippen molar-refractivity contribution in [3.05, 3.63) is 144 Å². The second kappa shape index (κ2) is 21.5. The predicted molar refractivity (Wildman–Crippen MR) is 241 cm³/mol. The number of hydrogen-bond donors (Lipinski definition) is 0. The van der Waals surface area contributed by atoms with Gasteiger partial charge in [-0.05, 0) is 48.7 Å². The summed E-state index contributed by atoms with van der Waals surface area (Å²) in [4.78, 5) is 13.2. The minimum atomic E-state index is -1.47. The van der Waals surface area contributed by atoms with E-state index >= 15 is 0 Å². The van der Waals surface area contributed by atoms with Crippen LogP contribution in [-0.2, 0) is 67.2 Å². The van der Waals surface area contributed by atoms with E-state index < -0.39 is 75.1 Å². The Morgan fingerprint density at radius 2 is 1.15 bits per heavy atom. The normalized spacial score (nSPS) is 28.6. The van der Waals surface area contributed by atoms with E-state index in [4.69, 9.17) is 47.4 Å². The number of carbonyl (C=O) groups is 1. The van der Waals surface area contributed by atoms with E-state index in [9.17, 15) is 4.79 Å². The molecule has 0 aromatic heterocycles. The first-order valence-electron chi connectivity index (χ1n) is 21.1. The van der Waals surface area contributed by atoms with Crippen LogP contribution in [0.25, 0.3) is 0 Å². The van der Waals surface area contributed by atoms with Gasteiger partial charge in [0.2, 0.25) is 0 Å². The van der Waals surface area contributed by atoms with Crippen LogP contribution < -0.4 is 0 Å². The van der Waals surface area contributed by atoms with Gasteiger partial charge in [-0.15, -0.1) is 0 Å². The molecule has 10 atom stereocenters. The molecule has 0 amide bonds. The molecule has 3 aliphatic rings. The van der Waals surface area contributed by atoms with Crippen molar-refractivity contribution < 1.29 is 52.2 Å². The summed E-state index contributed by atoms with van der Waals surface area (Å²) in [5, 5.41) is 0. The number of rotatable bonds is 19. The highest BCUT2D eigenvalue weighted by atomic mass is 127. The van der Waals surface area contributed by atoms with Gasteiger partial charge >= 0.3 is 5.97 Å². The lowest BCUT2D eigenvalue weighted by Gasteiger charge is -2.48. The number of esters is 1. The molecule has 3 heterocycles. The number of ether oxygens (including phenoxy) is 10. The Morgan fingerprint density at radius 3 is 1.74 bits per heavy atom. The number of hydrogen-bond acceptors (Lipinski definition) is 11. The van der Waals surface area contributed by atoms with E-state index in [2.05, 4.69) is 42.2 Å². The van der Waals surface area contributed by atoms with Crippen LogP contribution in [0.1, 0.15) is 40.9 Å². The van der Waals surface area contributed by atoms with Crippen LogP contribution in [0.15, 0.2) is 121 Å². The van der Waals surface area contributed by atoms with Crippen LogP contribution in [0.4, 0.5) is 0 Å². The Kier molecular flexibility index (Phi) is 16.2. The lowest BCUT2D eigenvalue weighted by atomic mass is 9.97. The smallest absolute Gasteiger partial charge is 0.338 e. The van der Waals surface area contributed by atoms with Crippen LogP contribution >= 0.6 is 22.6 Å². The highest BCUT2D eigenvalue weighted by Gasteiger charge is 2.57. The Balaban J connectivity index is 1.21. The van der Waals surface area contributed by atoms with Crippen molar-refractivity contribution in [2.45, 2.75) is 124 Å². The van der Waals surface area contributed by atoms with Gasteiger partial charge in [-0.1, -0.05) is 151 Å². The number of alkyl halides is 1. The maximum absolute atomic E-state index is 13.2. The highest BCUT2D eigenvalue weighted by molar-refractivity contribution is 14.1. The fraction of sp³-hybridized carbons (Fsp3) is 0.479. The molecule has 4 aromatic rings. The van der Waals surface area contributed by atoms with Gasteiger partial charge in [0.1, 0.15) is 49.3 Å². The molecule has 0 aliphatic carbocycles. The second-order valence-corrected chi connectivity index (χ2v) is 24.4. The first-order chi connectivity index (χ1) is 29.4. The van der Waals surface area contributed by atoms with Crippen molar-refractivity contribution >= 4 is 36.6 Å². The fourth-order valence-corrected chi connectivity index (χ4v) is 9.23. The van der Waals surface area contributed by atoms with Gasteiger partial charge in [0.05, 0.1) is 35.9 Å². The molecule has 3 fully saturated rings. The molecule has 0 N–H and O–H groups in total. The van der Waals surface area contributed by atoms with Crippen molar-refractivity contribution in [3.8, 4) is 0 Å². The lowest BCUT2D eigenvalue weighted by Crippen LogP contribution is -2.64. The van der Waals surface area contributed by atoms with E-state index in [1.807, 2.05) is 111 Å². The molecule has 0 bridgehead atoms. The Labute approximate surface area is 374 Å². The van der Waals surface area contributed by atoms with E-state index in [0.29, 0.717) is 25.4 Å². The van der Waals surface area contributed by atoms with Crippen molar-refractivity contribution in [3.63, 3.8) is 0 Å². The summed E-state index contributed by atoms with van der Waals surface area (Å²) in [6.07, 6.45) is -6.22. The number of benzene rings is 4.